The van der Waals surface area contributed by atoms with E-state index >= 15 is 0 Å². The molecule has 2 aromatic rings. The van der Waals surface area contributed by atoms with Crippen molar-refractivity contribution in [2.24, 2.45) is 0 Å². The molecule has 0 amide bonds. The third kappa shape index (κ3) is 3.18. The van der Waals surface area contributed by atoms with Crippen LogP contribution in [0.25, 0.3) is 0 Å². The third-order valence-electron chi connectivity index (χ3n) is 5.22. The van der Waals surface area contributed by atoms with Gasteiger partial charge in [0.2, 0.25) is 0 Å². The highest BCUT2D eigenvalue weighted by Gasteiger charge is 2.56. The molecular formula is C21H22O6. The van der Waals surface area contributed by atoms with Gasteiger partial charge < -0.3 is 28.4 Å². The van der Waals surface area contributed by atoms with Crippen molar-refractivity contribution in [2.75, 3.05) is 13.7 Å². The molecule has 6 heteroatoms. The van der Waals surface area contributed by atoms with Crippen molar-refractivity contribution in [3.63, 3.8) is 0 Å². The molecule has 3 heterocycles. The van der Waals surface area contributed by atoms with Gasteiger partial charge in [-0.05, 0) is 0 Å². The van der Waals surface area contributed by atoms with Crippen LogP contribution in [0, 0.1) is 0 Å². The Labute approximate surface area is 157 Å². The van der Waals surface area contributed by atoms with E-state index in [1.54, 1.807) is 7.11 Å². The van der Waals surface area contributed by atoms with Crippen LogP contribution < -0.4 is 0 Å². The van der Waals surface area contributed by atoms with Crippen LogP contribution in [0.1, 0.15) is 23.7 Å². The highest BCUT2D eigenvalue weighted by Crippen LogP contribution is 2.43. The van der Waals surface area contributed by atoms with Crippen LogP contribution in [-0.2, 0) is 28.4 Å². The molecule has 3 aliphatic heterocycles. The molecule has 0 radical (unpaired) electrons. The van der Waals surface area contributed by atoms with Gasteiger partial charge in [-0.15, -0.1) is 0 Å². The van der Waals surface area contributed by atoms with Gasteiger partial charge in [-0.25, -0.2) is 0 Å². The Bertz CT molecular complexity index is 754. The summed E-state index contributed by atoms with van der Waals surface area (Å²) in [5.41, 5.74) is 1.94. The van der Waals surface area contributed by atoms with E-state index in [-0.39, 0.29) is 24.4 Å². The molecule has 3 saturated heterocycles. The topological polar surface area (TPSA) is 55.4 Å². The fraction of sp³-hybridized carbons (Fsp3) is 0.429. The maximum Gasteiger partial charge on any atom is 0.186 e. The third-order valence-corrected chi connectivity index (χ3v) is 5.22. The summed E-state index contributed by atoms with van der Waals surface area (Å²) in [5.74, 6) is 0. The van der Waals surface area contributed by atoms with Crippen molar-refractivity contribution in [3.8, 4) is 0 Å². The van der Waals surface area contributed by atoms with Crippen LogP contribution in [-0.4, -0.2) is 44.4 Å². The minimum absolute atomic E-state index is 0.269. The smallest absolute Gasteiger partial charge is 0.186 e. The first-order valence-corrected chi connectivity index (χ1v) is 9.19. The second-order valence-corrected chi connectivity index (χ2v) is 6.90. The van der Waals surface area contributed by atoms with Crippen LogP contribution in [0.4, 0.5) is 0 Å². The molecule has 0 spiro atoms. The van der Waals surface area contributed by atoms with E-state index in [0.29, 0.717) is 6.61 Å². The fourth-order valence-corrected chi connectivity index (χ4v) is 3.90. The number of methoxy groups -OCH3 is 1. The maximum absolute atomic E-state index is 6.27. The molecule has 3 aliphatic rings. The average Bonchev–Trinajstić information content (AvgIpc) is 3.20. The van der Waals surface area contributed by atoms with E-state index in [9.17, 15) is 0 Å². The van der Waals surface area contributed by atoms with Gasteiger partial charge in [-0.1, -0.05) is 60.7 Å². The summed E-state index contributed by atoms with van der Waals surface area (Å²) in [6.45, 7) is 0.409. The average molecular weight is 370 g/mol. The van der Waals surface area contributed by atoms with Crippen molar-refractivity contribution in [1.29, 1.82) is 0 Å². The summed E-state index contributed by atoms with van der Waals surface area (Å²) in [6.07, 6.45) is -2.67. The quantitative estimate of drug-likeness (QED) is 0.828. The van der Waals surface area contributed by atoms with Crippen molar-refractivity contribution < 1.29 is 28.4 Å². The SMILES string of the molecule is CO[C@@H]1O[C@@H]2CO[C@H](c3ccccc3)O[C@@H]2[C@@H]2O[C@@H](c3ccccc3)O[C@@H]12. The lowest BCUT2D eigenvalue weighted by molar-refractivity contribution is -0.343. The second-order valence-electron chi connectivity index (χ2n) is 6.90. The molecule has 0 unspecified atom stereocenters. The van der Waals surface area contributed by atoms with Gasteiger partial charge in [0.15, 0.2) is 18.9 Å². The molecule has 5 rings (SSSR count). The number of fused-ring (bicyclic) bond motifs is 3. The molecule has 0 saturated carbocycles. The Morgan fingerprint density at radius 1 is 0.704 bits per heavy atom. The lowest BCUT2D eigenvalue weighted by Gasteiger charge is -2.45. The second kappa shape index (κ2) is 7.31. The highest BCUT2D eigenvalue weighted by molar-refractivity contribution is 5.18. The molecule has 0 aliphatic carbocycles. The largest absolute Gasteiger partial charge is 0.353 e. The summed E-state index contributed by atoms with van der Waals surface area (Å²) in [6, 6.07) is 19.8. The van der Waals surface area contributed by atoms with E-state index in [1.165, 1.54) is 0 Å². The molecular weight excluding hydrogens is 348 g/mol. The van der Waals surface area contributed by atoms with Crippen LogP contribution in [0.2, 0.25) is 0 Å². The zero-order chi connectivity index (χ0) is 18.2. The number of benzene rings is 2. The first-order chi connectivity index (χ1) is 13.3. The summed E-state index contributed by atoms with van der Waals surface area (Å²) < 4.78 is 36.1. The zero-order valence-electron chi connectivity index (χ0n) is 15.0. The van der Waals surface area contributed by atoms with Gasteiger partial charge in [0.1, 0.15) is 24.4 Å². The summed E-state index contributed by atoms with van der Waals surface area (Å²) in [4.78, 5) is 0. The molecule has 0 aromatic heterocycles. The Morgan fingerprint density at radius 3 is 1.96 bits per heavy atom. The van der Waals surface area contributed by atoms with E-state index in [4.69, 9.17) is 28.4 Å². The highest BCUT2D eigenvalue weighted by atomic mass is 16.8. The lowest BCUT2D eigenvalue weighted by atomic mass is 9.98. The van der Waals surface area contributed by atoms with Gasteiger partial charge in [0.25, 0.3) is 0 Å². The normalized spacial score (nSPS) is 38.2. The molecule has 7 atom stereocenters. The monoisotopic (exact) mass is 370 g/mol. The Hall–Kier alpha value is -1.80. The number of hydrogen-bond acceptors (Lipinski definition) is 6. The van der Waals surface area contributed by atoms with Crippen LogP contribution in [0.15, 0.2) is 60.7 Å². The number of hydrogen-bond donors (Lipinski definition) is 0. The molecule has 2 aromatic carbocycles. The van der Waals surface area contributed by atoms with Crippen LogP contribution in [0.5, 0.6) is 0 Å². The summed E-state index contributed by atoms with van der Waals surface area (Å²) in [7, 11) is 1.61. The van der Waals surface area contributed by atoms with Gasteiger partial charge in [0, 0.05) is 18.2 Å². The minimum atomic E-state index is -0.523. The molecule has 6 nitrogen and oxygen atoms in total. The van der Waals surface area contributed by atoms with Crippen molar-refractivity contribution >= 4 is 0 Å². The molecule has 142 valence electrons. The Kier molecular flexibility index (Phi) is 4.69. The van der Waals surface area contributed by atoms with Gasteiger partial charge in [-0.2, -0.15) is 0 Å². The Morgan fingerprint density at radius 2 is 1.30 bits per heavy atom. The van der Waals surface area contributed by atoms with Crippen LogP contribution >= 0.6 is 0 Å². The predicted molar refractivity (Wildman–Crippen MR) is 94.6 cm³/mol. The van der Waals surface area contributed by atoms with E-state index in [0.717, 1.165) is 11.1 Å². The fourth-order valence-electron chi connectivity index (χ4n) is 3.90. The maximum atomic E-state index is 6.27. The van der Waals surface area contributed by atoms with E-state index < -0.39 is 18.9 Å². The number of rotatable bonds is 3. The van der Waals surface area contributed by atoms with E-state index in [2.05, 4.69) is 0 Å². The predicted octanol–water partition coefficient (Wildman–Crippen LogP) is 2.95. The van der Waals surface area contributed by atoms with Crippen molar-refractivity contribution in [2.45, 2.75) is 43.3 Å². The van der Waals surface area contributed by atoms with Gasteiger partial charge in [-0.3, -0.25) is 0 Å². The first kappa shape index (κ1) is 17.3. The Balaban J connectivity index is 1.39. The first-order valence-electron chi connectivity index (χ1n) is 9.19. The van der Waals surface area contributed by atoms with Crippen molar-refractivity contribution in [1.82, 2.24) is 0 Å². The number of ether oxygens (including phenoxy) is 6. The van der Waals surface area contributed by atoms with Gasteiger partial charge in [0.05, 0.1) is 6.61 Å². The lowest BCUT2D eigenvalue weighted by Crippen LogP contribution is -2.61. The summed E-state index contributed by atoms with van der Waals surface area (Å²) >= 11 is 0. The molecule has 3 fully saturated rings. The van der Waals surface area contributed by atoms with E-state index in [1.807, 2.05) is 60.7 Å². The molecule has 0 bridgehead atoms. The van der Waals surface area contributed by atoms with Crippen LogP contribution in [0.3, 0.4) is 0 Å². The zero-order valence-corrected chi connectivity index (χ0v) is 15.0. The molecule has 27 heavy (non-hydrogen) atoms. The van der Waals surface area contributed by atoms with Gasteiger partial charge >= 0.3 is 0 Å². The molecule has 0 N–H and O–H groups in total. The van der Waals surface area contributed by atoms with Crippen molar-refractivity contribution in [3.05, 3.63) is 71.8 Å². The summed E-state index contributed by atoms with van der Waals surface area (Å²) in [5, 5.41) is 0. The minimum Gasteiger partial charge on any atom is -0.353 e. The standard InChI is InChI=1S/C21H22O6/c1-22-21-18-17(26-20(27-18)14-10-6-3-7-11-14)16-15(24-21)12-23-19(25-16)13-8-4-2-5-9-13/h2-11,15-21H,12H2,1H3/t15-,16+,17+,18-,19+,20-,21-/m1/s1.